The second-order valence-electron chi connectivity index (χ2n) is 5.32. The van der Waals surface area contributed by atoms with Crippen LogP contribution in [-0.4, -0.2) is 36.1 Å². The number of nitrogens with two attached hydrogens (primary N) is 1. The number of hydrogen-bond donors (Lipinski definition) is 3. The molecule has 7 nitrogen and oxygen atoms in total. The average molecular weight is 301 g/mol. The summed E-state index contributed by atoms with van der Waals surface area (Å²) in [5.41, 5.74) is -0.392. The van der Waals surface area contributed by atoms with Crippen LogP contribution in [-0.2, 0) is 17.1 Å². The molecule has 1 aliphatic rings. The number of aliphatic hydroxyl groups excluding tert-OH is 1. The van der Waals surface area contributed by atoms with E-state index in [1.165, 1.54) is 16.8 Å². The molecule has 1 saturated carbocycles. The number of sulfonamides is 1. The molecule has 1 amide bonds. The molecule has 1 aromatic rings. The van der Waals surface area contributed by atoms with Crippen LogP contribution in [0.15, 0.2) is 17.2 Å². The Morgan fingerprint density at radius 2 is 2.10 bits per heavy atom. The van der Waals surface area contributed by atoms with Gasteiger partial charge in [-0.2, -0.15) is 0 Å². The third kappa shape index (κ3) is 2.87. The molecule has 112 valence electrons. The smallest absolute Gasteiger partial charge is 0.268 e. The highest BCUT2D eigenvalue weighted by Gasteiger charge is 2.35. The predicted molar refractivity (Wildman–Crippen MR) is 72.5 cm³/mol. The number of amides is 1. The first kappa shape index (κ1) is 15.0. The molecule has 0 unspecified atom stereocenters. The van der Waals surface area contributed by atoms with Gasteiger partial charge in [0.1, 0.15) is 10.6 Å². The van der Waals surface area contributed by atoms with Crippen LogP contribution in [0.2, 0.25) is 0 Å². The molecular weight excluding hydrogens is 282 g/mol. The quantitative estimate of drug-likeness (QED) is 0.708. The summed E-state index contributed by atoms with van der Waals surface area (Å²) in [6.07, 6.45) is 4.65. The van der Waals surface area contributed by atoms with E-state index >= 15 is 0 Å². The van der Waals surface area contributed by atoms with Crippen molar-refractivity contribution >= 4 is 15.9 Å². The van der Waals surface area contributed by atoms with Crippen molar-refractivity contribution < 1.29 is 18.3 Å². The number of carbonyl (C=O) groups is 1. The van der Waals surface area contributed by atoms with Crippen LogP contribution in [0.3, 0.4) is 0 Å². The van der Waals surface area contributed by atoms with E-state index in [0.717, 1.165) is 25.7 Å². The highest BCUT2D eigenvalue weighted by atomic mass is 32.2. The van der Waals surface area contributed by atoms with Gasteiger partial charge in [-0.25, -0.2) is 13.6 Å². The van der Waals surface area contributed by atoms with Gasteiger partial charge in [0.05, 0.1) is 12.1 Å². The zero-order valence-corrected chi connectivity index (χ0v) is 12.1. The Bertz CT molecular complexity index is 615. The number of rotatable bonds is 4. The summed E-state index contributed by atoms with van der Waals surface area (Å²) in [6, 6.07) is 1.24. The van der Waals surface area contributed by atoms with Gasteiger partial charge in [-0.05, 0) is 18.9 Å². The lowest BCUT2D eigenvalue weighted by molar-refractivity contribution is 0.0830. The first-order chi connectivity index (χ1) is 9.27. The molecule has 0 spiro atoms. The number of nitrogens with zero attached hydrogens (tertiary/aromatic N) is 1. The summed E-state index contributed by atoms with van der Waals surface area (Å²) in [6.45, 7) is -0.120. The largest absolute Gasteiger partial charge is 0.394 e. The van der Waals surface area contributed by atoms with Gasteiger partial charge < -0.3 is 15.0 Å². The minimum Gasteiger partial charge on any atom is -0.394 e. The first-order valence-electron chi connectivity index (χ1n) is 6.40. The zero-order chi connectivity index (χ0) is 15.0. The predicted octanol–water partition coefficient (Wildman–Crippen LogP) is -0.293. The summed E-state index contributed by atoms with van der Waals surface area (Å²) >= 11 is 0. The summed E-state index contributed by atoms with van der Waals surface area (Å²) < 4.78 is 24.0. The Kier molecular flexibility index (Phi) is 3.90. The van der Waals surface area contributed by atoms with Crippen molar-refractivity contribution in [3.8, 4) is 0 Å². The lowest BCUT2D eigenvalue weighted by Crippen LogP contribution is -2.49. The molecule has 2 rings (SSSR count). The molecule has 0 radical (unpaired) electrons. The van der Waals surface area contributed by atoms with Crippen LogP contribution in [0.4, 0.5) is 0 Å². The molecule has 1 aromatic heterocycles. The van der Waals surface area contributed by atoms with E-state index in [1.807, 2.05) is 0 Å². The second kappa shape index (κ2) is 5.19. The maximum atomic E-state index is 12.2. The van der Waals surface area contributed by atoms with E-state index in [1.54, 1.807) is 7.05 Å². The van der Waals surface area contributed by atoms with Crippen LogP contribution in [0, 0.1) is 0 Å². The van der Waals surface area contributed by atoms with Gasteiger partial charge in [0.2, 0.25) is 10.0 Å². The molecular formula is C12H19N3O4S. The molecule has 0 bridgehead atoms. The van der Waals surface area contributed by atoms with Crippen molar-refractivity contribution in [3.63, 3.8) is 0 Å². The molecule has 0 atom stereocenters. The van der Waals surface area contributed by atoms with Crippen molar-refractivity contribution in [1.29, 1.82) is 0 Å². The van der Waals surface area contributed by atoms with E-state index in [9.17, 15) is 18.3 Å². The highest BCUT2D eigenvalue weighted by molar-refractivity contribution is 7.89. The molecule has 8 heteroatoms. The van der Waals surface area contributed by atoms with Crippen LogP contribution in [0.5, 0.6) is 0 Å². The topological polar surface area (TPSA) is 114 Å². The number of aryl methyl sites for hydroxylation is 1. The van der Waals surface area contributed by atoms with Crippen molar-refractivity contribution in [3.05, 3.63) is 18.0 Å². The molecule has 0 aromatic carbocycles. The average Bonchev–Trinajstić information content (AvgIpc) is 2.95. The Morgan fingerprint density at radius 3 is 2.55 bits per heavy atom. The number of primary sulfonamides is 1. The SMILES string of the molecule is Cn1cc(S(N)(=O)=O)cc1C(=O)NC1(CO)CCCC1. The fraction of sp³-hybridized carbons (Fsp3) is 0.583. The molecule has 1 aliphatic carbocycles. The molecule has 4 N–H and O–H groups in total. The molecule has 0 saturated heterocycles. The van der Waals surface area contributed by atoms with Crippen LogP contribution < -0.4 is 10.5 Å². The Balaban J connectivity index is 2.24. The number of carbonyl (C=O) groups excluding carboxylic acids is 1. The first-order valence-corrected chi connectivity index (χ1v) is 7.95. The fourth-order valence-electron chi connectivity index (χ4n) is 2.59. The van der Waals surface area contributed by atoms with Gasteiger partial charge in [0, 0.05) is 13.2 Å². The summed E-state index contributed by atoms with van der Waals surface area (Å²) in [5.74, 6) is -0.404. The van der Waals surface area contributed by atoms with Crippen molar-refractivity contribution in [2.45, 2.75) is 36.1 Å². The number of nitrogens with one attached hydrogen (secondary N) is 1. The standard InChI is InChI=1S/C12H19N3O4S/c1-15-7-9(20(13,18)19)6-10(15)11(17)14-12(8-16)4-2-3-5-12/h6-7,16H,2-5,8H2,1H3,(H,14,17)(H2,13,18,19). The third-order valence-electron chi connectivity index (χ3n) is 3.78. The van der Waals surface area contributed by atoms with Gasteiger partial charge in [-0.15, -0.1) is 0 Å². The van der Waals surface area contributed by atoms with Gasteiger partial charge in [-0.3, -0.25) is 4.79 Å². The monoisotopic (exact) mass is 301 g/mol. The Labute approximate surface area is 117 Å². The van der Waals surface area contributed by atoms with Gasteiger partial charge >= 0.3 is 0 Å². The minimum absolute atomic E-state index is 0.102. The van der Waals surface area contributed by atoms with Crippen LogP contribution >= 0.6 is 0 Å². The molecule has 20 heavy (non-hydrogen) atoms. The van der Waals surface area contributed by atoms with Crippen LogP contribution in [0.25, 0.3) is 0 Å². The van der Waals surface area contributed by atoms with Gasteiger partial charge in [0.25, 0.3) is 5.91 Å². The second-order valence-corrected chi connectivity index (χ2v) is 6.88. The van der Waals surface area contributed by atoms with Crippen LogP contribution in [0.1, 0.15) is 36.2 Å². The summed E-state index contributed by atoms with van der Waals surface area (Å²) in [4.78, 5) is 12.1. The lowest BCUT2D eigenvalue weighted by atomic mass is 9.99. The summed E-state index contributed by atoms with van der Waals surface area (Å²) in [7, 11) is -2.26. The summed E-state index contributed by atoms with van der Waals surface area (Å²) in [5, 5.41) is 17.3. The Hall–Kier alpha value is -1.38. The minimum atomic E-state index is -3.84. The number of aliphatic hydroxyl groups is 1. The number of hydrogen-bond acceptors (Lipinski definition) is 4. The van der Waals surface area contributed by atoms with E-state index in [0.29, 0.717) is 0 Å². The van der Waals surface area contributed by atoms with E-state index in [2.05, 4.69) is 5.32 Å². The normalized spacial score (nSPS) is 18.1. The fourth-order valence-corrected chi connectivity index (χ4v) is 3.18. The van der Waals surface area contributed by atoms with Gasteiger partial charge in [0.15, 0.2) is 0 Å². The molecule has 1 heterocycles. The van der Waals surface area contributed by atoms with E-state index < -0.39 is 21.5 Å². The Morgan fingerprint density at radius 1 is 1.50 bits per heavy atom. The van der Waals surface area contributed by atoms with Gasteiger partial charge in [-0.1, -0.05) is 12.8 Å². The number of aromatic nitrogens is 1. The molecule has 0 aliphatic heterocycles. The van der Waals surface area contributed by atoms with E-state index in [4.69, 9.17) is 5.14 Å². The third-order valence-corrected chi connectivity index (χ3v) is 4.66. The maximum absolute atomic E-state index is 12.2. The van der Waals surface area contributed by atoms with Crippen molar-refractivity contribution in [1.82, 2.24) is 9.88 Å². The molecule has 1 fully saturated rings. The van der Waals surface area contributed by atoms with E-state index in [-0.39, 0.29) is 17.2 Å². The van der Waals surface area contributed by atoms with Crippen molar-refractivity contribution in [2.75, 3.05) is 6.61 Å². The maximum Gasteiger partial charge on any atom is 0.268 e. The lowest BCUT2D eigenvalue weighted by Gasteiger charge is -2.27. The highest BCUT2D eigenvalue weighted by Crippen LogP contribution is 2.29. The van der Waals surface area contributed by atoms with Crippen molar-refractivity contribution in [2.24, 2.45) is 12.2 Å². The zero-order valence-electron chi connectivity index (χ0n) is 11.3.